The molecule has 4 rings (SSSR count). The number of aromatic nitrogens is 2. The molecule has 27 heavy (non-hydrogen) atoms. The number of benzene rings is 2. The van der Waals surface area contributed by atoms with Crippen molar-refractivity contribution in [1.82, 2.24) is 9.55 Å². The van der Waals surface area contributed by atoms with Crippen molar-refractivity contribution in [1.29, 1.82) is 0 Å². The van der Waals surface area contributed by atoms with Gasteiger partial charge in [-0.3, -0.25) is 4.79 Å². The van der Waals surface area contributed by atoms with Crippen LogP contribution >= 0.6 is 11.6 Å². The van der Waals surface area contributed by atoms with Crippen molar-refractivity contribution >= 4 is 28.5 Å². The molecule has 0 aliphatic rings. The highest BCUT2D eigenvalue weighted by molar-refractivity contribution is 6.30. The number of carboxylic acid groups (broad SMARTS) is 1. The summed E-state index contributed by atoms with van der Waals surface area (Å²) in [5.74, 6) is 0.152. The summed E-state index contributed by atoms with van der Waals surface area (Å²) >= 11 is 5.98. The molecular weight excluding hydrogens is 364 g/mol. The molecule has 0 saturated carbocycles. The van der Waals surface area contributed by atoms with E-state index in [1.807, 2.05) is 54.1 Å². The number of rotatable bonds is 5. The zero-order valence-electron chi connectivity index (χ0n) is 14.6. The molecule has 0 spiro atoms. The van der Waals surface area contributed by atoms with E-state index in [0.29, 0.717) is 22.4 Å². The fraction of sp³-hybridized carbons (Fsp3) is 0.143. The number of oxazole rings is 1. The minimum Gasteiger partial charge on any atom is -0.481 e. The quantitative estimate of drug-likeness (QED) is 0.518. The van der Waals surface area contributed by atoms with E-state index in [1.165, 1.54) is 0 Å². The summed E-state index contributed by atoms with van der Waals surface area (Å²) in [6.07, 6.45) is 0.245. The molecule has 136 valence electrons. The summed E-state index contributed by atoms with van der Waals surface area (Å²) in [7, 11) is 1.96. The number of carboxylic acids is 1. The molecule has 2 heterocycles. The van der Waals surface area contributed by atoms with E-state index in [0.717, 1.165) is 22.2 Å². The molecule has 0 fully saturated rings. The van der Waals surface area contributed by atoms with Crippen LogP contribution in [-0.2, 0) is 18.3 Å². The maximum absolute atomic E-state index is 11.0. The van der Waals surface area contributed by atoms with E-state index >= 15 is 0 Å². The summed E-state index contributed by atoms with van der Waals surface area (Å²) in [5.41, 5.74) is 3.40. The average molecular weight is 381 g/mol. The third-order valence-electron chi connectivity index (χ3n) is 4.55. The Morgan fingerprint density at radius 3 is 2.63 bits per heavy atom. The molecule has 0 aliphatic heterocycles. The smallest absolute Gasteiger partial charge is 0.303 e. The van der Waals surface area contributed by atoms with E-state index in [2.05, 4.69) is 0 Å². The second-order valence-corrected chi connectivity index (χ2v) is 6.78. The van der Waals surface area contributed by atoms with Crippen molar-refractivity contribution in [3.05, 3.63) is 65.4 Å². The molecule has 0 amide bonds. The van der Waals surface area contributed by atoms with Gasteiger partial charge < -0.3 is 14.1 Å². The highest BCUT2D eigenvalue weighted by Gasteiger charge is 2.20. The van der Waals surface area contributed by atoms with Crippen molar-refractivity contribution in [3.8, 4) is 22.8 Å². The molecule has 0 unspecified atom stereocenters. The van der Waals surface area contributed by atoms with Crippen LogP contribution in [-0.4, -0.2) is 20.6 Å². The lowest BCUT2D eigenvalue weighted by atomic mass is 10.1. The Bertz CT molecular complexity index is 1130. The predicted molar refractivity (Wildman–Crippen MR) is 105 cm³/mol. The first-order chi connectivity index (χ1) is 13.0. The van der Waals surface area contributed by atoms with Crippen LogP contribution in [0, 0.1) is 0 Å². The molecular formula is C21H17ClN2O3. The first kappa shape index (κ1) is 17.4. The van der Waals surface area contributed by atoms with Crippen molar-refractivity contribution < 1.29 is 14.3 Å². The van der Waals surface area contributed by atoms with Crippen molar-refractivity contribution in [2.24, 2.45) is 7.05 Å². The van der Waals surface area contributed by atoms with Crippen LogP contribution < -0.4 is 0 Å². The Balaban J connectivity index is 1.83. The molecule has 0 bridgehead atoms. The van der Waals surface area contributed by atoms with Crippen LogP contribution in [0.25, 0.3) is 33.7 Å². The lowest BCUT2D eigenvalue weighted by Gasteiger charge is -2.00. The molecule has 0 aliphatic carbocycles. The van der Waals surface area contributed by atoms with E-state index in [9.17, 15) is 4.79 Å². The Kier molecular flexibility index (Phi) is 4.46. The highest BCUT2D eigenvalue weighted by atomic mass is 35.5. The predicted octanol–water partition coefficient (Wildman–Crippen LogP) is 5.17. The number of aliphatic carboxylic acids is 1. The van der Waals surface area contributed by atoms with Crippen molar-refractivity contribution in [3.63, 3.8) is 0 Å². The zero-order chi connectivity index (χ0) is 19.0. The van der Waals surface area contributed by atoms with Crippen LogP contribution in [0.5, 0.6) is 0 Å². The fourth-order valence-electron chi connectivity index (χ4n) is 3.18. The van der Waals surface area contributed by atoms with Crippen LogP contribution in [0.15, 0.2) is 59.0 Å². The molecule has 1 N–H and O–H groups in total. The van der Waals surface area contributed by atoms with Crippen LogP contribution in [0.2, 0.25) is 5.02 Å². The molecule has 2 aromatic heterocycles. The van der Waals surface area contributed by atoms with E-state index < -0.39 is 5.97 Å². The summed E-state index contributed by atoms with van der Waals surface area (Å²) in [6, 6.07) is 17.3. The van der Waals surface area contributed by atoms with Gasteiger partial charge in [0.1, 0.15) is 17.1 Å². The maximum Gasteiger partial charge on any atom is 0.303 e. The first-order valence-corrected chi connectivity index (χ1v) is 8.93. The van der Waals surface area contributed by atoms with E-state index in [-0.39, 0.29) is 12.8 Å². The normalized spacial score (nSPS) is 11.2. The van der Waals surface area contributed by atoms with Crippen LogP contribution in [0.4, 0.5) is 0 Å². The summed E-state index contributed by atoms with van der Waals surface area (Å²) in [6.45, 7) is 0. The number of fused-ring (bicyclic) bond motifs is 1. The van der Waals surface area contributed by atoms with Gasteiger partial charge in [-0.15, -0.1) is 0 Å². The van der Waals surface area contributed by atoms with Crippen LogP contribution in [0.1, 0.15) is 12.2 Å². The standard InChI is InChI=1S/C21H17ClN2O3/c1-24-16-5-3-2-4-14(16)12-17(24)21-23-20(13-6-8-15(22)9-7-13)18(27-21)10-11-19(25)26/h2-9,12H,10-11H2,1H3,(H,25,26). The third kappa shape index (κ3) is 3.34. The zero-order valence-corrected chi connectivity index (χ0v) is 15.4. The summed E-state index contributed by atoms with van der Waals surface area (Å²) in [4.78, 5) is 15.7. The number of para-hydroxylation sites is 1. The van der Waals surface area contributed by atoms with Gasteiger partial charge in [0.2, 0.25) is 5.89 Å². The second-order valence-electron chi connectivity index (χ2n) is 6.34. The SMILES string of the molecule is Cn1c(-c2nc(-c3ccc(Cl)cc3)c(CCC(=O)O)o2)cc2ccccc21. The summed E-state index contributed by atoms with van der Waals surface area (Å²) < 4.78 is 8.04. The second kappa shape index (κ2) is 6.93. The maximum atomic E-state index is 11.0. The Hall–Kier alpha value is -3.05. The fourth-order valence-corrected chi connectivity index (χ4v) is 3.30. The Morgan fingerprint density at radius 1 is 1.19 bits per heavy atom. The monoisotopic (exact) mass is 380 g/mol. The molecule has 4 aromatic rings. The molecule has 2 aromatic carbocycles. The van der Waals surface area contributed by atoms with Gasteiger partial charge in [0.15, 0.2) is 0 Å². The Morgan fingerprint density at radius 2 is 1.93 bits per heavy atom. The van der Waals surface area contributed by atoms with E-state index in [4.69, 9.17) is 26.1 Å². The molecule has 0 saturated heterocycles. The lowest BCUT2D eigenvalue weighted by Crippen LogP contribution is -1.97. The van der Waals surface area contributed by atoms with Gasteiger partial charge in [-0.25, -0.2) is 4.98 Å². The molecule has 0 atom stereocenters. The van der Waals surface area contributed by atoms with Crippen molar-refractivity contribution in [2.75, 3.05) is 0 Å². The van der Waals surface area contributed by atoms with E-state index in [1.54, 1.807) is 12.1 Å². The number of nitrogens with zero attached hydrogens (tertiary/aromatic N) is 2. The topological polar surface area (TPSA) is 68.3 Å². The summed E-state index contributed by atoms with van der Waals surface area (Å²) in [5, 5.41) is 10.8. The third-order valence-corrected chi connectivity index (χ3v) is 4.80. The largest absolute Gasteiger partial charge is 0.481 e. The number of aryl methyl sites for hydroxylation is 2. The van der Waals surface area contributed by atoms with Crippen molar-refractivity contribution in [2.45, 2.75) is 12.8 Å². The molecule has 0 radical (unpaired) electrons. The highest BCUT2D eigenvalue weighted by Crippen LogP contribution is 2.33. The number of hydrogen-bond acceptors (Lipinski definition) is 3. The van der Waals surface area contributed by atoms with Gasteiger partial charge >= 0.3 is 5.97 Å². The van der Waals surface area contributed by atoms with Gasteiger partial charge in [0.25, 0.3) is 0 Å². The van der Waals surface area contributed by atoms with Gasteiger partial charge in [-0.2, -0.15) is 0 Å². The average Bonchev–Trinajstić information content (AvgIpc) is 3.22. The van der Waals surface area contributed by atoms with Gasteiger partial charge in [-0.1, -0.05) is 41.9 Å². The molecule has 6 heteroatoms. The number of hydrogen-bond donors (Lipinski definition) is 1. The lowest BCUT2D eigenvalue weighted by molar-refractivity contribution is -0.137. The van der Waals surface area contributed by atoms with Crippen LogP contribution in [0.3, 0.4) is 0 Å². The molecule has 5 nitrogen and oxygen atoms in total. The minimum atomic E-state index is -0.875. The van der Waals surface area contributed by atoms with Gasteiger partial charge in [0, 0.05) is 35.0 Å². The van der Waals surface area contributed by atoms with Gasteiger partial charge in [0.05, 0.1) is 6.42 Å². The number of carbonyl (C=O) groups is 1. The Labute approximate surface area is 160 Å². The van der Waals surface area contributed by atoms with Gasteiger partial charge in [-0.05, 0) is 24.3 Å². The first-order valence-electron chi connectivity index (χ1n) is 8.55. The number of halogens is 1. The minimum absolute atomic E-state index is 0.0235.